The number of aromatic nitrogens is 2. The molecule has 1 aliphatic heterocycles. The molecule has 126 valence electrons. The van der Waals surface area contributed by atoms with Gasteiger partial charge >= 0.3 is 5.97 Å². The summed E-state index contributed by atoms with van der Waals surface area (Å²) in [6, 6.07) is 0. The van der Waals surface area contributed by atoms with E-state index in [1.165, 1.54) is 7.11 Å². The molecule has 0 radical (unpaired) electrons. The quantitative estimate of drug-likeness (QED) is 0.784. The Morgan fingerprint density at radius 1 is 1.13 bits per heavy atom. The molecule has 0 spiro atoms. The summed E-state index contributed by atoms with van der Waals surface area (Å²) >= 11 is 0. The van der Waals surface area contributed by atoms with Gasteiger partial charge in [0, 0.05) is 18.5 Å². The third-order valence-electron chi connectivity index (χ3n) is 6.03. The summed E-state index contributed by atoms with van der Waals surface area (Å²) in [5.41, 5.74) is -0.323. The van der Waals surface area contributed by atoms with E-state index in [2.05, 4.69) is 15.0 Å². The Morgan fingerprint density at radius 2 is 1.78 bits per heavy atom. The fourth-order valence-corrected chi connectivity index (χ4v) is 4.35. The van der Waals surface area contributed by atoms with Crippen LogP contribution in [0.4, 0.5) is 5.95 Å². The average Bonchev–Trinajstić information content (AvgIpc) is 3.14. The van der Waals surface area contributed by atoms with Crippen LogP contribution >= 0.6 is 0 Å². The molecule has 0 unspecified atom stereocenters. The Balaban J connectivity index is 1.51. The summed E-state index contributed by atoms with van der Waals surface area (Å²) in [6.07, 6.45) is 5.34. The molecule has 1 aromatic heterocycles. The van der Waals surface area contributed by atoms with E-state index >= 15 is 0 Å². The first-order valence-corrected chi connectivity index (χ1v) is 8.43. The van der Waals surface area contributed by atoms with E-state index in [-0.39, 0.29) is 16.8 Å². The van der Waals surface area contributed by atoms with Crippen LogP contribution in [0.2, 0.25) is 0 Å². The van der Waals surface area contributed by atoms with Crippen LogP contribution in [0.5, 0.6) is 0 Å². The topological polar surface area (TPSA) is 77.7 Å². The van der Waals surface area contributed by atoms with Crippen molar-refractivity contribution < 1.29 is 18.8 Å². The van der Waals surface area contributed by atoms with Crippen molar-refractivity contribution in [1.82, 2.24) is 10.1 Å². The Bertz CT molecular complexity index is 569. The van der Waals surface area contributed by atoms with E-state index < -0.39 is 0 Å². The lowest BCUT2D eigenvalue weighted by Gasteiger charge is -2.49. The number of rotatable bonds is 3. The van der Waals surface area contributed by atoms with Crippen molar-refractivity contribution in [3.63, 3.8) is 0 Å². The second-order valence-electron chi connectivity index (χ2n) is 7.05. The van der Waals surface area contributed by atoms with E-state index in [1.54, 1.807) is 0 Å². The highest BCUT2D eigenvalue weighted by Crippen LogP contribution is 2.57. The number of methoxy groups -OCH3 is 1. The first-order valence-electron chi connectivity index (χ1n) is 8.43. The van der Waals surface area contributed by atoms with Crippen LogP contribution in [-0.4, -0.2) is 49.5 Å². The fraction of sp³-hybridized carbons (Fsp3) is 0.812. The summed E-state index contributed by atoms with van der Waals surface area (Å²) in [5.74, 6) is 1.37. The minimum absolute atomic E-state index is 0.0483. The number of anilines is 1. The number of hydrogen-bond donors (Lipinski definition) is 0. The maximum Gasteiger partial charge on any atom is 0.311 e. The molecular weight excluding hydrogens is 298 g/mol. The Morgan fingerprint density at radius 3 is 2.39 bits per heavy atom. The summed E-state index contributed by atoms with van der Waals surface area (Å²) in [5, 5.41) is 4.19. The molecule has 4 fully saturated rings. The van der Waals surface area contributed by atoms with Crippen molar-refractivity contribution >= 4 is 11.9 Å². The van der Waals surface area contributed by atoms with Gasteiger partial charge in [0.25, 0.3) is 5.95 Å². The number of nitrogens with zero attached hydrogens (tertiary/aromatic N) is 3. The van der Waals surface area contributed by atoms with Gasteiger partial charge in [-0.25, -0.2) is 0 Å². The summed E-state index contributed by atoms with van der Waals surface area (Å²) in [4.78, 5) is 18.9. The molecule has 1 aromatic rings. The van der Waals surface area contributed by atoms with Gasteiger partial charge in [-0.3, -0.25) is 4.79 Å². The highest BCUT2D eigenvalue weighted by atomic mass is 16.5. The van der Waals surface area contributed by atoms with Gasteiger partial charge in [0.15, 0.2) is 0 Å². The van der Waals surface area contributed by atoms with Gasteiger partial charge in [-0.2, -0.15) is 4.98 Å². The zero-order valence-electron chi connectivity index (χ0n) is 13.5. The van der Waals surface area contributed by atoms with E-state index in [0.29, 0.717) is 19.2 Å². The molecule has 4 aliphatic rings. The predicted octanol–water partition coefficient (Wildman–Crippen LogP) is 1.67. The SMILES string of the molecule is COC(=O)C12CCC(c3nc(N4CCOCC4)no3)(CC1)CC2. The maximum atomic E-state index is 12.1. The van der Waals surface area contributed by atoms with Crippen molar-refractivity contribution in [2.24, 2.45) is 5.41 Å². The lowest BCUT2D eigenvalue weighted by atomic mass is 9.53. The van der Waals surface area contributed by atoms with Crippen molar-refractivity contribution in [2.75, 3.05) is 38.3 Å². The third-order valence-corrected chi connectivity index (χ3v) is 6.03. The van der Waals surface area contributed by atoms with Gasteiger partial charge < -0.3 is 18.9 Å². The number of esters is 1. The minimum Gasteiger partial charge on any atom is -0.469 e. The minimum atomic E-state index is -0.274. The zero-order valence-corrected chi connectivity index (χ0v) is 13.5. The van der Waals surface area contributed by atoms with E-state index in [4.69, 9.17) is 14.0 Å². The highest BCUT2D eigenvalue weighted by molar-refractivity contribution is 5.77. The smallest absolute Gasteiger partial charge is 0.311 e. The molecule has 7 heteroatoms. The number of carbonyl (C=O) groups excluding carboxylic acids is 1. The molecule has 3 aliphatic carbocycles. The molecule has 1 saturated heterocycles. The number of fused-ring (bicyclic) bond motifs is 3. The van der Waals surface area contributed by atoms with Crippen LogP contribution in [0.25, 0.3) is 0 Å². The molecular formula is C16H23N3O4. The Kier molecular flexibility index (Phi) is 3.55. The molecule has 0 atom stereocenters. The van der Waals surface area contributed by atoms with Crippen LogP contribution < -0.4 is 4.90 Å². The van der Waals surface area contributed by atoms with Crippen LogP contribution in [0.3, 0.4) is 0 Å². The lowest BCUT2D eigenvalue weighted by molar-refractivity contribution is -0.160. The summed E-state index contributed by atoms with van der Waals surface area (Å²) in [6.45, 7) is 3.02. The number of hydrogen-bond acceptors (Lipinski definition) is 7. The molecule has 0 amide bonds. The van der Waals surface area contributed by atoms with Crippen LogP contribution in [0.1, 0.15) is 44.4 Å². The lowest BCUT2D eigenvalue weighted by Crippen LogP contribution is -2.48. The highest BCUT2D eigenvalue weighted by Gasteiger charge is 2.55. The molecule has 5 rings (SSSR count). The Labute approximate surface area is 135 Å². The van der Waals surface area contributed by atoms with E-state index in [1.807, 2.05) is 0 Å². The van der Waals surface area contributed by atoms with Gasteiger partial charge in [-0.05, 0) is 43.7 Å². The van der Waals surface area contributed by atoms with E-state index in [9.17, 15) is 4.79 Å². The monoisotopic (exact) mass is 321 g/mol. The standard InChI is InChI=1S/C16H23N3O4/c1-21-13(20)16-5-2-15(3-6-16,4-7-16)12-17-14(18-23-12)19-8-10-22-11-9-19/h2-11H2,1H3. The van der Waals surface area contributed by atoms with Gasteiger partial charge in [-0.15, -0.1) is 0 Å². The van der Waals surface area contributed by atoms with Gasteiger partial charge in [0.05, 0.1) is 25.7 Å². The largest absolute Gasteiger partial charge is 0.469 e. The van der Waals surface area contributed by atoms with E-state index in [0.717, 1.165) is 57.5 Å². The number of ether oxygens (including phenoxy) is 2. The van der Waals surface area contributed by atoms with Crippen molar-refractivity contribution in [1.29, 1.82) is 0 Å². The van der Waals surface area contributed by atoms with Crippen molar-refractivity contribution in [3.05, 3.63) is 5.89 Å². The molecule has 2 heterocycles. The first-order chi connectivity index (χ1) is 11.2. The maximum absolute atomic E-state index is 12.1. The average molecular weight is 321 g/mol. The molecule has 0 N–H and O–H groups in total. The molecule has 0 aromatic carbocycles. The molecule has 23 heavy (non-hydrogen) atoms. The van der Waals surface area contributed by atoms with Gasteiger partial charge in [-0.1, -0.05) is 0 Å². The number of carbonyl (C=O) groups is 1. The third kappa shape index (κ3) is 2.33. The summed E-state index contributed by atoms with van der Waals surface area (Å²) in [7, 11) is 1.49. The second-order valence-corrected chi connectivity index (χ2v) is 7.05. The molecule has 3 saturated carbocycles. The predicted molar refractivity (Wildman–Crippen MR) is 81.2 cm³/mol. The Hall–Kier alpha value is -1.63. The fourth-order valence-electron chi connectivity index (χ4n) is 4.35. The van der Waals surface area contributed by atoms with Gasteiger partial charge in [0.2, 0.25) is 5.89 Å². The van der Waals surface area contributed by atoms with Gasteiger partial charge in [0.1, 0.15) is 0 Å². The molecule has 7 nitrogen and oxygen atoms in total. The van der Waals surface area contributed by atoms with Crippen LogP contribution in [0, 0.1) is 5.41 Å². The number of morpholine rings is 1. The zero-order chi connectivity index (χ0) is 15.9. The second kappa shape index (κ2) is 5.47. The van der Waals surface area contributed by atoms with Crippen LogP contribution in [0.15, 0.2) is 4.52 Å². The first kappa shape index (κ1) is 14.9. The van der Waals surface area contributed by atoms with Crippen molar-refractivity contribution in [2.45, 2.75) is 43.9 Å². The van der Waals surface area contributed by atoms with Crippen LogP contribution in [-0.2, 0) is 19.7 Å². The normalized spacial score (nSPS) is 33.7. The van der Waals surface area contributed by atoms with Crippen molar-refractivity contribution in [3.8, 4) is 0 Å². The molecule has 2 bridgehead atoms. The summed E-state index contributed by atoms with van der Waals surface area (Å²) < 4.78 is 16.0.